The Bertz CT molecular complexity index is 992. The third-order valence-corrected chi connectivity index (χ3v) is 6.85. The molecule has 0 saturated carbocycles. The number of amides is 1. The summed E-state index contributed by atoms with van der Waals surface area (Å²) < 4.78 is 10.6. The Labute approximate surface area is 183 Å². The van der Waals surface area contributed by atoms with Crippen LogP contribution in [0.5, 0.6) is 0 Å². The van der Waals surface area contributed by atoms with Crippen LogP contribution in [0.4, 0.5) is 5.13 Å². The molecule has 0 unspecified atom stereocenters. The molecule has 0 aliphatic carbocycles. The number of nitrogens with one attached hydrogen (secondary N) is 1. The minimum absolute atomic E-state index is 0.149. The molecule has 158 valence electrons. The van der Waals surface area contributed by atoms with Crippen LogP contribution in [-0.4, -0.2) is 47.3 Å². The molecule has 0 atom stereocenters. The first-order valence-corrected chi connectivity index (χ1v) is 11.7. The molecular formula is C21H24N4O3S2. The van der Waals surface area contributed by atoms with Crippen molar-refractivity contribution < 1.29 is 14.1 Å². The molecule has 30 heavy (non-hydrogen) atoms. The van der Waals surface area contributed by atoms with Gasteiger partial charge in [-0.05, 0) is 26.0 Å². The highest BCUT2D eigenvalue weighted by Gasteiger charge is 2.17. The average molecular weight is 445 g/mol. The van der Waals surface area contributed by atoms with Crippen LogP contribution in [0.15, 0.2) is 39.1 Å². The SMILES string of the molecule is Cc1noc(C)c1CSc1ccccc1C(=O)Nc1nc(CN2CCOCC2)cs1. The average Bonchev–Trinajstić information content (AvgIpc) is 3.33. The second-order valence-corrected chi connectivity index (χ2v) is 8.95. The number of thioether (sulfide) groups is 1. The number of rotatable bonds is 7. The number of anilines is 1. The van der Waals surface area contributed by atoms with Crippen LogP contribution in [0.1, 0.15) is 33.1 Å². The summed E-state index contributed by atoms with van der Waals surface area (Å²) in [7, 11) is 0. The Kier molecular flexibility index (Phi) is 6.83. The summed E-state index contributed by atoms with van der Waals surface area (Å²) in [5, 5.41) is 9.58. The number of aromatic nitrogens is 2. The normalized spacial score (nSPS) is 14.7. The summed E-state index contributed by atoms with van der Waals surface area (Å²) in [6.45, 7) is 7.96. The van der Waals surface area contributed by atoms with Crippen molar-refractivity contribution in [2.75, 3.05) is 31.6 Å². The Morgan fingerprint density at radius 3 is 2.83 bits per heavy atom. The van der Waals surface area contributed by atoms with Crippen molar-refractivity contribution in [2.45, 2.75) is 31.0 Å². The number of ether oxygens (including phenoxy) is 1. The predicted octanol–water partition coefficient (Wildman–Crippen LogP) is 4.12. The quantitative estimate of drug-likeness (QED) is 0.549. The Morgan fingerprint density at radius 1 is 1.27 bits per heavy atom. The molecule has 1 aliphatic heterocycles. The van der Waals surface area contributed by atoms with E-state index in [1.165, 1.54) is 11.3 Å². The number of aryl methyl sites for hydroxylation is 2. The molecule has 3 heterocycles. The van der Waals surface area contributed by atoms with Gasteiger partial charge in [-0.15, -0.1) is 23.1 Å². The third-order valence-electron chi connectivity index (χ3n) is 4.95. The zero-order chi connectivity index (χ0) is 20.9. The van der Waals surface area contributed by atoms with Crippen molar-refractivity contribution in [1.29, 1.82) is 0 Å². The fraction of sp³-hybridized carbons (Fsp3) is 0.381. The fourth-order valence-corrected chi connectivity index (χ4v) is 5.13. The van der Waals surface area contributed by atoms with E-state index in [0.29, 0.717) is 16.4 Å². The second-order valence-electron chi connectivity index (χ2n) is 7.07. The molecule has 4 rings (SSSR count). The van der Waals surface area contributed by atoms with Crippen LogP contribution in [-0.2, 0) is 17.0 Å². The first kappa shape index (κ1) is 21.0. The summed E-state index contributed by atoms with van der Waals surface area (Å²) in [4.78, 5) is 20.7. The molecule has 0 spiro atoms. The number of hydrogen-bond acceptors (Lipinski definition) is 8. The monoisotopic (exact) mass is 444 g/mol. The summed E-state index contributed by atoms with van der Waals surface area (Å²) in [5.41, 5.74) is 3.57. The first-order chi connectivity index (χ1) is 14.6. The largest absolute Gasteiger partial charge is 0.379 e. The lowest BCUT2D eigenvalue weighted by Gasteiger charge is -2.25. The first-order valence-electron chi connectivity index (χ1n) is 9.79. The zero-order valence-corrected chi connectivity index (χ0v) is 18.6. The lowest BCUT2D eigenvalue weighted by Crippen LogP contribution is -2.35. The minimum Gasteiger partial charge on any atom is -0.379 e. The molecule has 2 aromatic heterocycles. The highest BCUT2D eigenvalue weighted by atomic mass is 32.2. The Morgan fingerprint density at radius 2 is 2.07 bits per heavy atom. The van der Waals surface area contributed by atoms with Gasteiger partial charge in [0, 0.05) is 41.2 Å². The number of carbonyl (C=O) groups is 1. The smallest absolute Gasteiger partial charge is 0.258 e. The number of nitrogens with zero attached hydrogens (tertiary/aromatic N) is 3. The van der Waals surface area contributed by atoms with E-state index in [1.54, 1.807) is 11.8 Å². The molecule has 1 N–H and O–H groups in total. The minimum atomic E-state index is -0.149. The van der Waals surface area contributed by atoms with E-state index in [1.807, 2.05) is 43.5 Å². The van der Waals surface area contributed by atoms with E-state index in [2.05, 4.69) is 20.4 Å². The molecule has 3 aromatic rings. The van der Waals surface area contributed by atoms with Crippen molar-refractivity contribution in [1.82, 2.24) is 15.0 Å². The molecule has 9 heteroatoms. The van der Waals surface area contributed by atoms with E-state index in [4.69, 9.17) is 9.26 Å². The maximum Gasteiger partial charge on any atom is 0.258 e. The number of thiazole rings is 1. The summed E-state index contributed by atoms with van der Waals surface area (Å²) >= 11 is 3.06. The predicted molar refractivity (Wildman–Crippen MR) is 118 cm³/mol. The van der Waals surface area contributed by atoms with Gasteiger partial charge in [-0.25, -0.2) is 4.98 Å². The van der Waals surface area contributed by atoms with Crippen molar-refractivity contribution in [3.05, 3.63) is 57.9 Å². The number of hydrogen-bond donors (Lipinski definition) is 1. The van der Waals surface area contributed by atoms with Crippen molar-refractivity contribution in [3.8, 4) is 0 Å². The molecule has 1 amide bonds. The molecule has 1 aliphatic rings. The van der Waals surface area contributed by atoms with Crippen molar-refractivity contribution >= 4 is 34.1 Å². The van der Waals surface area contributed by atoms with Gasteiger partial charge >= 0.3 is 0 Å². The molecular weight excluding hydrogens is 420 g/mol. The van der Waals surface area contributed by atoms with Gasteiger partial charge in [-0.2, -0.15) is 0 Å². The van der Waals surface area contributed by atoms with E-state index in [0.717, 1.165) is 60.5 Å². The maximum atomic E-state index is 12.9. The van der Waals surface area contributed by atoms with Gasteiger partial charge < -0.3 is 9.26 Å². The lowest BCUT2D eigenvalue weighted by molar-refractivity contribution is 0.0337. The van der Waals surface area contributed by atoms with E-state index >= 15 is 0 Å². The van der Waals surface area contributed by atoms with Crippen molar-refractivity contribution in [3.63, 3.8) is 0 Å². The van der Waals surface area contributed by atoms with Gasteiger partial charge in [0.15, 0.2) is 5.13 Å². The zero-order valence-electron chi connectivity index (χ0n) is 17.0. The highest BCUT2D eigenvalue weighted by molar-refractivity contribution is 7.98. The summed E-state index contributed by atoms with van der Waals surface area (Å²) in [5.74, 6) is 1.37. The standard InChI is InChI=1S/C21H24N4O3S2/c1-14-18(15(2)28-24-14)13-29-19-6-4-3-5-17(19)20(26)23-21-22-16(12-30-21)11-25-7-9-27-10-8-25/h3-6,12H,7-11,13H2,1-2H3,(H,22,23,26). The lowest BCUT2D eigenvalue weighted by atomic mass is 10.2. The van der Waals surface area contributed by atoms with E-state index in [9.17, 15) is 4.79 Å². The van der Waals surface area contributed by atoms with Crippen LogP contribution in [0.25, 0.3) is 0 Å². The Hall–Kier alpha value is -2.20. The third kappa shape index (κ3) is 5.10. The van der Waals surface area contributed by atoms with Crippen LogP contribution in [0.3, 0.4) is 0 Å². The second kappa shape index (κ2) is 9.74. The van der Waals surface area contributed by atoms with Crippen LogP contribution in [0.2, 0.25) is 0 Å². The van der Waals surface area contributed by atoms with Crippen LogP contribution >= 0.6 is 23.1 Å². The van der Waals surface area contributed by atoms with Gasteiger partial charge in [0.2, 0.25) is 0 Å². The number of morpholine rings is 1. The van der Waals surface area contributed by atoms with Gasteiger partial charge in [-0.1, -0.05) is 17.3 Å². The van der Waals surface area contributed by atoms with Gasteiger partial charge in [-0.3, -0.25) is 15.0 Å². The summed E-state index contributed by atoms with van der Waals surface area (Å²) in [6.07, 6.45) is 0. The molecule has 0 bridgehead atoms. The number of carbonyl (C=O) groups excluding carboxylic acids is 1. The van der Waals surface area contributed by atoms with Crippen LogP contribution < -0.4 is 5.32 Å². The Balaban J connectivity index is 1.40. The fourth-order valence-electron chi connectivity index (χ4n) is 3.23. The van der Waals surface area contributed by atoms with Gasteiger partial charge in [0.05, 0.1) is 30.2 Å². The molecule has 1 fully saturated rings. The number of benzene rings is 1. The van der Waals surface area contributed by atoms with E-state index < -0.39 is 0 Å². The topological polar surface area (TPSA) is 80.5 Å². The van der Waals surface area contributed by atoms with Crippen LogP contribution in [0, 0.1) is 13.8 Å². The molecule has 0 radical (unpaired) electrons. The van der Waals surface area contributed by atoms with Gasteiger partial charge in [0.25, 0.3) is 5.91 Å². The van der Waals surface area contributed by atoms with Crippen molar-refractivity contribution in [2.24, 2.45) is 0 Å². The van der Waals surface area contributed by atoms with Gasteiger partial charge in [0.1, 0.15) is 5.76 Å². The van der Waals surface area contributed by atoms with E-state index in [-0.39, 0.29) is 5.91 Å². The molecule has 1 aromatic carbocycles. The summed E-state index contributed by atoms with van der Waals surface area (Å²) in [6, 6.07) is 7.62. The molecule has 1 saturated heterocycles. The molecule has 7 nitrogen and oxygen atoms in total. The maximum absolute atomic E-state index is 12.9. The highest BCUT2D eigenvalue weighted by Crippen LogP contribution is 2.29.